The first-order chi connectivity index (χ1) is 9.81. The first-order valence-electron chi connectivity index (χ1n) is 6.98. The lowest BCUT2D eigenvalue weighted by Gasteiger charge is -2.11. The molecule has 1 N–H and O–H groups in total. The maximum absolute atomic E-state index is 9.47. The van der Waals surface area contributed by atoms with Crippen molar-refractivity contribution in [3.8, 4) is 17.0 Å². The molecule has 0 amide bonds. The van der Waals surface area contributed by atoms with Gasteiger partial charge in [0, 0.05) is 12.1 Å². The summed E-state index contributed by atoms with van der Waals surface area (Å²) in [5.74, 6) is 0.765. The lowest BCUT2D eigenvalue weighted by molar-refractivity contribution is 0.277. The lowest BCUT2D eigenvalue weighted by Crippen LogP contribution is -2.04. The van der Waals surface area contributed by atoms with Crippen molar-refractivity contribution in [1.82, 2.24) is 15.0 Å². The fraction of sp³-hybridized carbons (Fsp3) is 0.467. The third-order valence-electron chi connectivity index (χ3n) is 3.29. The average Bonchev–Trinajstić information content (AvgIpc) is 2.90. The largest absolute Gasteiger partial charge is 0.496 e. The molecule has 2 rings (SSSR count). The van der Waals surface area contributed by atoms with Gasteiger partial charge in [0.25, 0.3) is 0 Å². The van der Waals surface area contributed by atoms with E-state index in [1.54, 1.807) is 7.11 Å². The summed E-state index contributed by atoms with van der Waals surface area (Å²) in [6.07, 6.45) is 3.36. The maximum atomic E-state index is 9.47. The number of hydrogen-bond donors (Lipinski definition) is 1. The minimum absolute atomic E-state index is 0.124. The van der Waals surface area contributed by atoms with Crippen LogP contribution >= 0.6 is 0 Å². The minimum Gasteiger partial charge on any atom is -0.496 e. The highest BCUT2D eigenvalue weighted by molar-refractivity contribution is 5.69. The van der Waals surface area contributed by atoms with E-state index in [1.165, 1.54) is 0 Å². The van der Waals surface area contributed by atoms with Crippen LogP contribution in [-0.4, -0.2) is 27.2 Å². The molecule has 0 aliphatic carbocycles. The average molecular weight is 275 g/mol. The van der Waals surface area contributed by atoms with E-state index in [0.29, 0.717) is 5.69 Å². The minimum atomic E-state index is -0.124. The van der Waals surface area contributed by atoms with Gasteiger partial charge in [-0.05, 0) is 18.6 Å². The summed E-state index contributed by atoms with van der Waals surface area (Å²) in [7, 11) is 1.64. The molecule has 20 heavy (non-hydrogen) atoms. The molecule has 0 fully saturated rings. The van der Waals surface area contributed by atoms with Gasteiger partial charge in [0.2, 0.25) is 0 Å². The summed E-state index contributed by atoms with van der Waals surface area (Å²) >= 11 is 0. The second-order valence-electron chi connectivity index (χ2n) is 4.67. The molecule has 1 heterocycles. The van der Waals surface area contributed by atoms with E-state index in [-0.39, 0.29) is 6.61 Å². The van der Waals surface area contributed by atoms with Crippen LogP contribution in [0.15, 0.2) is 24.3 Å². The second kappa shape index (κ2) is 7.05. The van der Waals surface area contributed by atoms with Crippen molar-refractivity contribution in [1.29, 1.82) is 0 Å². The van der Waals surface area contributed by atoms with Crippen LogP contribution in [0.5, 0.6) is 5.75 Å². The van der Waals surface area contributed by atoms with Crippen LogP contribution < -0.4 is 4.74 Å². The number of methoxy groups -OCH3 is 1. The van der Waals surface area contributed by atoms with Crippen molar-refractivity contribution in [2.75, 3.05) is 7.11 Å². The van der Waals surface area contributed by atoms with E-state index in [1.807, 2.05) is 28.9 Å². The lowest BCUT2D eigenvalue weighted by atomic mass is 10.1. The predicted molar refractivity (Wildman–Crippen MR) is 77.5 cm³/mol. The topological polar surface area (TPSA) is 60.2 Å². The highest BCUT2D eigenvalue weighted by atomic mass is 16.5. The molecule has 2 aromatic rings. The Labute approximate surface area is 119 Å². The van der Waals surface area contributed by atoms with E-state index in [4.69, 9.17) is 4.74 Å². The Hall–Kier alpha value is -1.88. The Morgan fingerprint density at radius 3 is 2.75 bits per heavy atom. The fourth-order valence-electron chi connectivity index (χ4n) is 2.26. The molecule has 0 aliphatic rings. The smallest absolute Gasteiger partial charge is 0.128 e. The SMILES string of the molecule is CCCCCn1nnc(CO)c1-c1ccccc1OC. The van der Waals surface area contributed by atoms with Crippen molar-refractivity contribution in [2.45, 2.75) is 39.3 Å². The third-order valence-corrected chi connectivity index (χ3v) is 3.29. The summed E-state index contributed by atoms with van der Waals surface area (Å²) in [5, 5.41) is 17.7. The fourth-order valence-corrected chi connectivity index (χ4v) is 2.26. The number of nitrogens with zero attached hydrogens (tertiary/aromatic N) is 3. The Bertz CT molecular complexity index is 552. The number of para-hydroxylation sites is 1. The number of rotatable bonds is 7. The monoisotopic (exact) mass is 275 g/mol. The first kappa shape index (κ1) is 14.5. The summed E-state index contributed by atoms with van der Waals surface area (Å²) < 4.78 is 7.26. The second-order valence-corrected chi connectivity index (χ2v) is 4.67. The Kier molecular flexibility index (Phi) is 5.12. The van der Waals surface area contributed by atoms with Gasteiger partial charge in [-0.3, -0.25) is 0 Å². The van der Waals surface area contributed by atoms with Gasteiger partial charge >= 0.3 is 0 Å². The van der Waals surface area contributed by atoms with Gasteiger partial charge in [0.05, 0.1) is 19.4 Å². The van der Waals surface area contributed by atoms with Crippen LogP contribution in [-0.2, 0) is 13.2 Å². The summed E-state index contributed by atoms with van der Waals surface area (Å²) in [4.78, 5) is 0. The van der Waals surface area contributed by atoms with E-state index in [0.717, 1.165) is 42.8 Å². The van der Waals surface area contributed by atoms with E-state index in [2.05, 4.69) is 17.2 Å². The molecular weight excluding hydrogens is 254 g/mol. The summed E-state index contributed by atoms with van der Waals surface area (Å²) in [5.41, 5.74) is 2.35. The Balaban J connectivity index is 2.39. The van der Waals surface area contributed by atoms with Crippen LogP contribution in [0.4, 0.5) is 0 Å². The maximum Gasteiger partial charge on any atom is 0.128 e. The molecule has 1 aromatic carbocycles. The van der Waals surface area contributed by atoms with E-state index < -0.39 is 0 Å². The molecule has 108 valence electrons. The van der Waals surface area contributed by atoms with Gasteiger partial charge in [-0.25, -0.2) is 4.68 Å². The summed E-state index contributed by atoms with van der Waals surface area (Å²) in [6, 6.07) is 7.74. The van der Waals surface area contributed by atoms with Crippen molar-refractivity contribution < 1.29 is 9.84 Å². The van der Waals surface area contributed by atoms with Crippen molar-refractivity contribution >= 4 is 0 Å². The van der Waals surface area contributed by atoms with Crippen molar-refractivity contribution in [2.24, 2.45) is 0 Å². The number of unbranched alkanes of at least 4 members (excludes halogenated alkanes) is 2. The Morgan fingerprint density at radius 1 is 1.25 bits per heavy atom. The van der Waals surface area contributed by atoms with Crippen LogP contribution in [0.2, 0.25) is 0 Å². The molecule has 0 radical (unpaired) electrons. The number of aliphatic hydroxyl groups is 1. The van der Waals surface area contributed by atoms with Gasteiger partial charge in [0.15, 0.2) is 0 Å². The highest BCUT2D eigenvalue weighted by Crippen LogP contribution is 2.31. The zero-order valence-electron chi connectivity index (χ0n) is 12.0. The van der Waals surface area contributed by atoms with E-state index in [9.17, 15) is 5.11 Å². The van der Waals surface area contributed by atoms with Crippen molar-refractivity contribution in [3.05, 3.63) is 30.0 Å². The molecule has 0 spiro atoms. The normalized spacial score (nSPS) is 10.8. The van der Waals surface area contributed by atoms with Crippen LogP contribution in [0, 0.1) is 0 Å². The summed E-state index contributed by atoms with van der Waals surface area (Å²) in [6.45, 7) is 2.84. The van der Waals surface area contributed by atoms with Crippen LogP contribution in [0.1, 0.15) is 31.9 Å². The van der Waals surface area contributed by atoms with Gasteiger partial charge in [0.1, 0.15) is 11.4 Å². The van der Waals surface area contributed by atoms with Gasteiger partial charge < -0.3 is 9.84 Å². The zero-order chi connectivity index (χ0) is 14.4. The quantitative estimate of drug-likeness (QED) is 0.789. The van der Waals surface area contributed by atoms with Gasteiger partial charge in [-0.2, -0.15) is 0 Å². The predicted octanol–water partition coefficient (Wildman–Crippen LogP) is 2.64. The van der Waals surface area contributed by atoms with Crippen LogP contribution in [0.3, 0.4) is 0 Å². The number of benzene rings is 1. The molecule has 0 aliphatic heterocycles. The number of aromatic nitrogens is 3. The highest BCUT2D eigenvalue weighted by Gasteiger charge is 2.17. The molecule has 5 nitrogen and oxygen atoms in total. The van der Waals surface area contributed by atoms with Gasteiger partial charge in [-0.1, -0.05) is 37.1 Å². The molecule has 0 atom stereocenters. The first-order valence-corrected chi connectivity index (χ1v) is 6.98. The molecule has 0 saturated carbocycles. The standard InChI is InChI=1S/C15H21N3O2/c1-3-4-7-10-18-15(13(11-19)16-17-18)12-8-5-6-9-14(12)20-2/h5-6,8-9,19H,3-4,7,10-11H2,1-2H3. The van der Waals surface area contributed by atoms with Gasteiger partial charge in [-0.15, -0.1) is 5.10 Å². The number of ether oxygens (including phenoxy) is 1. The molecule has 0 saturated heterocycles. The number of aryl methyl sites for hydroxylation is 1. The molecule has 0 unspecified atom stereocenters. The Morgan fingerprint density at radius 2 is 2.05 bits per heavy atom. The van der Waals surface area contributed by atoms with Crippen LogP contribution in [0.25, 0.3) is 11.3 Å². The molecular formula is C15H21N3O2. The zero-order valence-corrected chi connectivity index (χ0v) is 12.0. The van der Waals surface area contributed by atoms with Crippen molar-refractivity contribution in [3.63, 3.8) is 0 Å². The molecule has 1 aromatic heterocycles. The van der Waals surface area contributed by atoms with E-state index >= 15 is 0 Å². The third kappa shape index (κ3) is 2.99. The molecule has 0 bridgehead atoms. The number of aliphatic hydroxyl groups excluding tert-OH is 1. The number of hydrogen-bond acceptors (Lipinski definition) is 4. The molecule has 5 heteroatoms.